The Kier molecular flexibility index (Phi) is 4.69. The van der Waals surface area contributed by atoms with Gasteiger partial charge in [0.1, 0.15) is 5.75 Å². The van der Waals surface area contributed by atoms with Crippen molar-refractivity contribution in [1.29, 1.82) is 0 Å². The molecule has 4 nitrogen and oxygen atoms in total. The van der Waals surface area contributed by atoms with E-state index in [0.29, 0.717) is 11.9 Å². The molecule has 5 heteroatoms. The van der Waals surface area contributed by atoms with E-state index >= 15 is 0 Å². The molecule has 0 saturated carbocycles. The molecule has 0 aliphatic carbocycles. The molecule has 0 atom stereocenters. The summed E-state index contributed by atoms with van der Waals surface area (Å²) in [5.41, 5.74) is 3.48. The van der Waals surface area contributed by atoms with Crippen LogP contribution in [-0.2, 0) is 16.4 Å². The van der Waals surface area contributed by atoms with Crippen LogP contribution in [0.1, 0.15) is 16.8 Å². The molecule has 1 heterocycles. The van der Waals surface area contributed by atoms with E-state index in [1.807, 2.05) is 61.5 Å². The summed E-state index contributed by atoms with van der Waals surface area (Å²) in [6, 6.07) is 23.9. The van der Waals surface area contributed by atoms with E-state index in [1.54, 1.807) is 31.4 Å². The van der Waals surface area contributed by atoms with Gasteiger partial charge in [-0.25, -0.2) is 12.4 Å². The Morgan fingerprint density at radius 1 is 0.857 bits per heavy atom. The molecule has 142 valence electrons. The highest BCUT2D eigenvalue weighted by Crippen LogP contribution is 2.31. The second-order valence-electron chi connectivity index (χ2n) is 6.70. The Morgan fingerprint density at radius 2 is 1.50 bits per heavy atom. The zero-order valence-electron chi connectivity index (χ0n) is 15.8. The second-order valence-corrected chi connectivity index (χ2v) is 8.48. The molecule has 0 bridgehead atoms. The van der Waals surface area contributed by atoms with Gasteiger partial charge in [0.15, 0.2) is 0 Å². The molecule has 0 unspecified atom stereocenters. The number of ether oxygens (including phenoxy) is 1. The molecule has 0 radical (unpaired) electrons. The van der Waals surface area contributed by atoms with Gasteiger partial charge in [-0.05, 0) is 48.4 Å². The maximum atomic E-state index is 13.5. The Morgan fingerprint density at radius 3 is 2.18 bits per heavy atom. The number of benzene rings is 3. The van der Waals surface area contributed by atoms with Crippen LogP contribution in [0.3, 0.4) is 0 Å². The van der Waals surface area contributed by atoms with Gasteiger partial charge in [-0.15, -0.1) is 0 Å². The first-order valence-electron chi connectivity index (χ1n) is 9.05. The van der Waals surface area contributed by atoms with Crippen molar-refractivity contribution in [2.24, 2.45) is 0 Å². The fourth-order valence-electron chi connectivity index (χ4n) is 3.53. The lowest BCUT2D eigenvalue weighted by atomic mass is 10.1. The topological polar surface area (TPSA) is 48.3 Å². The van der Waals surface area contributed by atoms with Crippen LogP contribution in [0.25, 0.3) is 10.9 Å². The summed E-state index contributed by atoms with van der Waals surface area (Å²) < 4.78 is 33.8. The van der Waals surface area contributed by atoms with E-state index in [-0.39, 0.29) is 4.90 Å². The third-order valence-corrected chi connectivity index (χ3v) is 6.78. The lowest BCUT2D eigenvalue weighted by molar-refractivity contribution is 0.414. The Labute approximate surface area is 165 Å². The normalized spacial score (nSPS) is 11.6. The van der Waals surface area contributed by atoms with Crippen molar-refractivity contribution in [3.63, 3.8) is 0 Å². The first kappa shape index (κ1) is 18.3. The number of nitrogens with zero attached hydrogens (tertiary/aromatic N) is 1. The largest absolute Gasteiger partial charge is 0.497 e. The minimum absolute atomic E-state index is 0.284. The molecule has 28 heavy (non-hydrogen) atoms. The molecule has 0 spiro atoms. The van der Waals surface area contributed by atoms with Crippen molar-refractivity contribution < 1.29 is 13.2 Å². The number of hydrogen-bond donors (Lipinski definition) is 0. The fraction of sp³-hybridized carbons (Fsp3) is 0.130. The van der Waals surface area contributed by atoms with Gasteiger partial charge in [-0.3, -0.25) is 0 Å². The van der Waals surface area contributed by atoms with E-state index in [9.17, 15) is 8.42 Å². The smallest absolute Gasteiger partial charge is 0.268 e. The minimum Gasteiger partial charge on any atom is -0.497 e. The van der Waals surface area contributed by atoms with Crippen molar-refractivity contribution in [3.8, 4) is 5.75 Å². The first-order chi connectivity index (χ1) is 13.5. The van der Waals surface area contributed by atoms with Crippen LogP contribution in [0.5, 0.6) is 5.75 Å². The van der Waals surface area contributed by atoms with Gasteiger partial charge < -0.3 is 4.74 Å². The first-order valence-corrected chi connectivity index (χ1v) is 10.5. The van der Waals surface area contributed by atoms with Crippen molar-refractivity contribution >= 4 is 20.9 Å². The minimum atomic E-state index is -3.72. The van der Waals surface area contributed by atoms with Crippen molar-refractivity contribution in [2.45, 2.75) is 18.2 Å². The molecule has 4 aromatic rings. The number of rotatable bonds is 5. The van der Waals surface area contributed by atoms with E-state index in [4.69, 9.17) is 4.74 Å². The lowest BCUT2D eigenvalue weighted by Gasteiger charge is -2.13. The van der Waals surface area contributed by atoms with Gasteiger partial charge in [-0.1, -0.05) is 48.5 Å². The number of aryl methyl sites for hydroxylation is 1. The predicted octanol–water partition coefficient (Wildman–Crippen LogP) is 4.79. The van der Waals surface area contributed by atoms with Gasteiger partial charge >= 0.3 is 0 Å². The summed E-state index contributed by atoms with van der Waals surface area (Å²) in [7, 11) is -2.09. The number of hydrogen-bond acceptors (Lipinski definition) is 3. The van der Waals surface area contributed by atoms with Crippen LogP contribution in [0.4, 0.5) is 0 Å². The molecule has 0 N–H and O–H groups in total. The van der Waals surface area contributed by atoms with Crippen molar-refractivity contribution in [3.05, 3.63) is 95.7 Å². The number of aromatic nitrogens is 1. The quantitative estimate of drug-likeness (QED) is 0.492. The lowest BCUT2D eigenvalue weighted by Crippen LogP contribution is -2.16. The van der Waals surface area contributed by atoms with Gasteiger partial charge in [-0.2, -0.15) is 0 Å². The molecular weight excluding hydrogens is 370 g/mol. The van der Waals surface area contributed by atoms with E-state index in [1.165, 1.54) is 3.97 Å². The highest BCUT2D eigenvalue weighted by atomic mass is 32.2. The average Bonchev–Trinajstić information content (AvgIpc) is 3.02. The van der Waals surface area contributed by atoms with Gasteiger partial charge in [0.2, 0.25) is 0 Å². The Hall–Kier alpha value is -3.05. The van der Waals surface area contributed by atoms with Crippen LogP contribution in [0.2, 0.25) is 0 Å². The third kappa shape index (κ3) is 3.08. The highest BCUT2D eigenvalue weighted by Gasteiger charge is 2.25. The summed E-state index contributed by atoms with van der Waals surface area (Å²) >= 11 is 0. The number of methoxy groups -OCH3 is 1. The molecule has 0 fully saturated rings. The molecule has 4 rings (SSSR count). The van der Waals surface area contributed by atoms with Crippen molar-refractivity contribution in [1.82, 2.24) is 3.97 Å². The molecular formula is C23H21NO3S. The maximum absolute atomic E-state index is 13.5. The van der Waals surface area contributed by atoms with Gasteiger partial charge in [0, 0.05) is 17.5 Å². The highest BCUT2D eigenvalue weighted by molar-refractivity contribution is 7.90. The van der Waals surface area contributed by atoms with Crippen LogP contribution in [0.15, 0.2) is 83.8 Å². The van der Waals surface area contributed by atoms with Crippen LogP contribution in [0, 0.1) is 6.92 Å². The van der Waals surface area contributed by atoms with Gasteiger partial charge in [0.25, 0.3) is 10.0 Å². The van der Waals surface area contributed by atoms with Crippen LogP contribution in [-0.4, -0.2) is 19.5 Å². The molecule has 0 aliphatic rings. The van der Waals surface area contributed by atoms with Crippen molar-refractivity contribution in [2.75, 3.05) is 7.11 Å². The third-order valence-electron chi connectivity index (χ3n) is 5.02. The van der Waals surface area contributed by atoms with Crippen LogP contribution < -0.4 is 4.74 Å². The van der Waals surface area contributed by atoms with E-state index in [2.05, 4.69) is 0 Å². The Balaban J connectivity index is 1.93. The zero-order valence-corrected chi connectivity index (χ0v) is 16.6. The van der Waals surface area contributed by atoms with E-state index < -0.39 is 10.0 Å². The van der Waals surface area contributed by atoms with Gasteiger partial charge in [0.05, 0.1) is 17.5 Å². The average molecular weight is 391 g/mol. The SMILES string of the molecule is COc1ccc(Cc2c(C)c3ccccc3n2S(=O)(=O)c2ccccc2)cc1. The summed E-state index contributed by atoms with van der Waals surface area (Å²) in [5, 5.41) is 0.950. The second kappa shape index (κ2) is 7.17. The monoisotopic (exact) mass is 391 g/mol. The summed E-state index contributed by atoms with van der Waals surface area (Å²) in [5.74, 6) is 0.776. The molecule has 0 amide bonds. The van der Waals surface area contributed by atoms with E-state index in [0.717, 1.165) is 28.0 Å². The zero-order chi connectivity index (χ0) is 19.7. The molecule has 3 aromatic carbocycles. The Bertz CT molecular complexity index is 1220. The maximum Gasteiger partial charge on any atom is 0.268 e. The number of fused-ring (bicyclic) bond motifs is 1. The summed E-state index contributed by atoms with van der Waals surface area (Å²) in [6.07, 6.45) is 0.510. The molecule has 1 aromatic heterocycles. The number of para-hydroxylation sites is 1. The fourth-order valence-corrected chi connectivity index (χ4v) is 5.16. The standard InChI is InChI=1S/C23H21NO3S/c1-17-21-10-6-7-11-22(21)24(28(25,26)20-8-4-3-5-9-20)23(17)16-18-12-14-19(27-2)15-13-18/h3-15H,16H2,1-2H3. The molecule has 0 saturated heterocycles. The summed E-state index contributed by atoms with van der Waals surface area (Å²) in [6.45, 7) is 1.98. The van der Waals surface area contributed by atoms with Crippen LogP contribution >= 0.6 is 0 Å². The molecule has 0 aliphatic heterocycles. The predicted molar refractivity (Wildman–Crippen MR) is 112 cm³/mol. The summed E-state index contributed by atoms with van der Waals surface area (Å²) in [4.78, 5) is 0.284.